The average molecular weight is 284 g/mol. The van der Waals surface area contributed by atoms with Gasteiger partial charge in [-0.2, -0.15) is 0 Å². The standard InChI is InChI=1S/C12H18BrN3/c1-7-10(14)6-15-12(11(7)13)16-8(2)9-4-3-5-9/h6,8-9H,3-5,14H2,1-2H3,(H,15,16). The summed E-state index contributed by atoms with van der Waals surface area (Å²) in [6, 6.07) is 0.487. The molecular formula is C12H18BrN3. The molecule has 1 aliphatic carbocycles. The van der Waals surface area contributed by atoms with Crippen molar-refractivity contribution in [1.29, 1.82) is 0 Å². The van der Waals surface area contributed by atoms with Gasteiger partial charge in [-0.3, -0.25) is 0 Å². The third-order valence-electron chi connectivity index (χ3n) is 3.52. The van der Waals surface area contributed by atoms with E-state index >= 15 is 0 Å². The largest absolute Gasteiger partial charge is 0.397 e. The molecule has 3 N–H and O–H groups in total. The highest BCUT2D eigenvalue weighted by atomic mass is 79.9. The summed E-state index contributed by atoms with van der Waals surface area (Å²) >= 11 is 3.54. The van der Waals surface area contributed by atoms with Crippen LogP contribution in [-0.4, -0.2) is 11.0 Å². The number of anilines is 2. The van der Waals surface area contributed by atoms with Crippen molar-refractivity contribution in [2.75, 3.05) is 11.1 Å². The van der Waals surface area contributed by atoms with Crippen LogP contribution in [0.5, 0.6) is 0 Å². The number of nitrogens with two attached hydrogens (primary N) is 1. The van der Waals surface area contributed by atoms with E-state index in [4.69, 9.17) is 5.73 Å². The molecule has 0 radical (unpaired) electrons. The summed E-state index contributed by atoms with van der Waals surface area (Å²) in [6.07, 6.45) is 5.75. The van der Waals surface area contributed by atoms with Crippen molar-refractivity contribution in [1.82, 2.24) is 4.98 Å². The van der Waals surface area contributed by atoms with Crippen molar-refractivity contribution in [2.45, 2.75) is 39.2 Å². The van der Waals surface area contributed by atoms with Crippen LogP contribution in [0.4, 0.5) is 11.5 Å². The molecule has 3 nitrogen and oxygen atoms in total. The molecule has 0 aromatic carbocycles. The van der Waals surface area contributed by atoms with Crippen LogP contribution in [0.25, 0.3) is 0 Å². The Kier molecular flexibility index (Phi) is 3.38. The first-order valence-corrected chi connectivity index (χ1v) is 6.56. The van der Waals surface area contributed by atoms with Gasteiger partial charge in [-0.25, -0.2) is 4.98 Å². The maximum Gasteiger partial charge on any atom is 0.140 e. The fourth-order valence-electron chi connectivity index (χ4n) is 1.97. The van der Waals surface area contributed by atoms with Crippen LogP contribution in [-0.2, 0) is 0 Å². The molecule has 1 unspecified atom stereocenters. The van der Waals surface area contributed by atoms with Crippen LogP contribution in [0.2, 0.25) is 0 Å². The predicted molar refractivity (Wildman–Crippen MR) is 71.5 cm³/mol. The van der Waals surface area contributed by atoms with Gasteiger partial charge in [0.2, 0.25) is 0 Å². The SMILES string of the molecule is Cc1c(N)cnc(NC(C)C2CCC2)c1Br. The van der Waals surface area contributed by atoms with E-state index in [0.29, 0.717) is 6.04 Å². The van der Waals surface area contributed by atoms with Gasteiger partial charge in [0.1, 0.15) is 5.82 Å². The van der Waals surface area contributed by atoms with E-state index in [1.54, 1.807) is 6.20 Å². The minimum absolute atomic E-state index is 0.487. The van der Waals surface area contributed by atoms with Gasteiger partial charge in [-0.15, -0.1) is 0 Å². The summed E-state index contributed by atoms with van der Waals surface area (Å²) in [5, 5.41) is 3.47. The maximum absolute atomic E-state index is 5.80. The molecular weight excluding hydrogens is 266 g/mol. The van der Waals surface area contributed by atoms with Gasteiger partial charge >= 0.3 is 0 Å². The number of nitrogens with one attached hydrogen (secondary N) is 1. The second-order valence-corrected chi connectivity index (χ2v) is 5.42. The Morgan fingerprint density at radius 1 is 1.56 bits per heavy atom. The van der Waals surface area contributed by atoms with Gasteiger partial charge in [-0.05, 0) is 54.1 Å². The average Bonchev–Trinajstić information content (AvgIpc) is 2.16. The van der Waals surface area contributed by atoms with E-state index < -0.39 is 0 Å². The zero-order valence-corrected chi connectivity index (χ0v) is 11.3. The molecule has 16 heavy (non-hydrogen) atoms. The molecule has 0 spiro atoms. The molecule has 1 aliphatic rings. The van der Waals surface area contributed by atoms with Gasteiger partial charge < -0.3 is 11.1 Å². The van der Waals surface area contributed by atoms with Crippen molar-refractivity contribution in [3.63, 3.8) is 0 Å². The summed E-state index contributed by atoms with van der Waals surface area (Å²) in [5.74, 6) is 1.71. The van der Waals surface area contributed by atoms with Crippen molar-refractivity contribution < 1.29 is 0 Å². The van der Waals surface area contributed by atoms with Gasteiger partial charge in [0.25, 0.3) is 0 Å². The molecule has 0 bridgehead atoms. The molecule has 1 heterocycles. The van der Waals surface area contributed by atoms with Gasteiger partial charge in [0.15, 0.2) is 0 Å². The summed E-state index contributed by atoms with van der Waals surface area (Å²) in [7, 11) is 0. The summed E-state index contributed by atoms with van der Waals surface area (Å²) in [6.45, 7) is 4.23. The lowest BCUT2D eigenvalue weighted by atomic mass is 9.80. The quantitative estimate of drug-likeness (QED) is 0.895. The van der Waals surface area contributed by atoms with Crippen molar-refractivity contribution in [3.05, 3.63) is 16.2 Å². The molecule has 0 aliphatic heterocycles. The van der Waals surface area contributed by atoms with Crippen LogP contribution in [0.15, 0.2) is 10.7 Å². The molecule has 88 valence electrons. The number of nitrogens with zero attached hydrogens (tertiary/aromatic N) is 1. The van der Waals surface area contributed by atoms with Crippen molar-refractivity contribution in [2.24, 2.45) is 5.92 Å². The van der Waals surface area contributed by atoms with Crippen LogP contribution in [0, 0.1) is 12.8 Å². The molecule has 4 heteroatoms. The van der Waals surface area contributed by atoms with Crippen LogP contribution < -0.4 is 11.1 Å². The Morgan fingerprint density at radius 3 is 2.81 bits per heavy atom. The Labute approximate surface area is 105 Å². The van der Waals surface area contributed by atoms with Gasteiger partial charge in [0, 0.05) is 6.04 Å². The summed E-state index contributed by atoms with van der Waals surface area (Å²) < 4.78 is 0.985. The molecule has 1 saturated carbocycles. The van der Waals surface area contributed by atoms with E-state index in [2.05, 4.69) is 33.2 Å². The van der Waals surface area contributed by atoms with Crippen LogP contribution in [0.3, 0.4) is 0 Å². The van der Waals surface area contributed by atoms with E-state index in [1.165, 1.54) is 19.3 Å². The highest BCUT2D eigenvalue weighted by molar-refractivity contribution is 9.10. The Hall–Kier alpha value is -0.770. The molecule has 2 rings (SSSR count). The zero-order chi connectivity index (χ0) is 11.7. The second-order valence-electron chi connectivity index (χ2n) is 4.63. The number of halogens is 1. The Bertz CT molecular complexity index is 388. The lowest BCUT2D eigenvalue weighted by Crippen LogP contribution is -2.31. The zero-order valence-electron chi connectivity index (χ0n) is 9.76. The molecule has 1 atom stereocenters. The van der Waals surface area contributed by atoms with E-state index in [9.17, 15) is 0 Å². The number of nitrogen functional groups attached to an aromatic ring is 1. The number of hydrogen-bond acceptors (Lipinski definition) is 3. The van der Waals surface area contributed by atoms with Crippen LogP contribution >= 0.6 is 15.9 Å². The van der Waals surface area contributed by atoms with E-state index in [1.807, 2.05) is 6.92 Å². The highest BCUT2D eigenvalue weighted by Gasteiger charge is 2.24. The third kappa shape index (κ3) is 2.17. The first kappa shape index (κ1) is 11.7. The molecule has 0 amide bonds. The van der Waals surface area contributed by atoms with Crippen molar-refractivity contribution in [3.8, 4) is 0 Å². The topological polar surface area (TPSA) is 50.9 Å². The first-order valence-electron chi connectivity index (χ1n) is 5.76. The Balaban J connectivity index is 2.11. The van der Waals surface area contributed by atoms with Crippen LogP contribution in [0.1, 0.15) is 31.7 Å². The lowest BCUT2D eigenvalue weighted by Gasteiger charge is -2.32. The minimum atomic E-state index is 0.487. The second kappa shape index (κ2) is 4.62. The summed E-state index contributed by atoms with van der Waals surface area (Å²) in [5.41, 5.74) is 7.58. The van der Waals surface area contributed by atoms with Gasteiger partial charge in [-0.1, -0.05) is 6.42 Å². The fraction of sp³-hybridized carbons (Fsp3) is 0.583. The molecule has 1 aromatic heterocycles. The monoisotopic (exact) mass is 283 g/mol. The molecule has 0 saturated heterocycles. The lowest BCUT2D eigenvalue weighted by molar-refractivity contribution is 0.285. The Morgan fingerprint density at radius 2 is 2.25 bits per heavy atom. The number of rotatable bonds is 3. The number of hydrogen-bond donors (Lipinski definition) is 2. The van der Waals surface area contributed by atoms with Gasteiger partial charge in [0.05, 0.1) is 16.4 Å². The first-order chi connectivity index (χ1) is 7.59. The number of aromatic nitrogens is 1. The maximum atomic E-state index is 5.80. The highest BCUT2D eigenvalue weighted by Crippen LogP contribution is 2.33. The van der Waals surface area contributed by atoms with E-state index in [0.717, 1.165) is 27.5 Å². The van der Waals surface area contributed by atoms with E-state index in [-0.39, 0.29) is 0 Å². The normalized spacial score (nSPS) is 17.9. The third-order valence-corrected chi connectivity index (χ3v) is 4.49. The predicted octanol–water partition coefficient (Wildman–Crippen LogP) is 3.34. The minimum Gasteiger partial charge on any atom is -0.397 e. The van der Waals surface area contributed by atoms with Crippen molar-refractivity contribution >= 4 is 27.4 Å². The number of pyridine rings is 1. The summed E-state index contributed by atoms with van der Waals surface area (Å²) in [4.78, 5) is 4.34. The molecule has 1 fully saturated rings. The molecule has 1 aromatic rings. The smallest absolute Gasteiger partial charge is 0.140 e. The fourth-order valence-corrected chi connectivity index (χ4v) is 2.41.